The van der Waals surface area contributed by atoms with Gasteiger partial charge in [0, 0.05) is 12.7 Å². The van der Waals surface area contributed by atoms with Crippen molar-refractivity contribution in [1.82, 2.24) is 10.3 Å². The zero-order valence-electron chi connectivity index (χ0n) is 12.2. The molecule has 0 aliphatic rings. The van der Waals surface area contributed by atoms with Gasteiger partial charge in [-0.25, -0.2) is 4.98 Å². The molecule has 4 nitrogen and oxygen atoms in total. The first-order valence-corrected chi connectivity index (χ1v) is 8.18. The van der Waals surface area contributed by atoms with Gasteiger partial charge in [-0.05, 0) is 36.2 Å². The molecule has 1 N–H and O–H groups in total. The Morgan fingerprint density at radius 3 is 2.77 bits per heavy atom. The Hall–Kier alpha value is -1.72. The zero-order chi connectivity index (χ0) is 15.8. The molecule has 0 radical (unpaired) electrons. The number of benzene rings is 1. The lowest BCUT2D eigenvalue weighted by Crippen LogP contribution is -2.27. The quantitative estimate of drug-likeness (QED) is 0.789. The highest BCUT2D eigenvalue weighted by Crippen LogP contribution is 2.23. The lowest BCUT2D eigenvalue weighted by atomic mass is 10.1. The second-order valence-corrected chi connectivity index (χ2v) is 5.90. The predicted molar refractivity (Wildman–Crippen MR) is 89.7 cm³/mol. The van der Waals surface area contributed by atoms with E-state index in [-0.39, 0.29) is 5.91 Å². The molecule has 2 aromatic rings. The molecule has 1 heterocycles. The van der Waals surface area contributed by atoms with Crippen LogP contribution in [-0.2, 0) is 11.2 Å². The highest BCUT2D eigenvalue weighted by molar-refractivity contribution is 8.00. The van der Waals surface area contributed by atoms with Crippen molar-refractivity contribution in [3.8, 4) is 5.75 Å². The second kappa shape index (κ2) is 8.66. The number of carbonyl (C=O) groups excluding carboxylic acids is 1. The van der Waals surface area contributed by atoms with Crippen molar-refractivity contribution in [2.75, 3.05) is 19.4 Å². The Bertz CT molecular complexity index is 620. The zero-order valence-corrected chi connectivity index (χ0v) is 13.8. The fourth-order valence-electron chi connectivity index (χ4n) is 1.80. The summed E-state index contributed by atoms with van der Waals surface area (Å²) in [6.45, 7) is 0.599. The fourth-order valence-corrected chi connectivity index (χ4v) is 2.80. The summed E-state index contributed by atoms with van der Waals surface area (Å²) < 4.78 is 5.11. The number of nitrogens with one attached hydrogen (secondary N) is 1. The monoisotopic (exact) mass is 336 g/mol. The van der Waals surface area contributed by atoms with Crippen LogP contribution in [0.25, 0.3) is 0 Å². The van der Waals surface area contributed by atoms with Gasteiger partial charge in [-0.15, -0.1) is 0 Å². The van der Waals surface area contributed by atoms with E-state index in [1.165, 1.54) is 11.8 Å². The van der Waals surface area contributed by atoms with Crippen LogP contribution in [0.5, 0.6) is 5.75 Å². The third-order valence-corrected chi connectivity index (χ3v) is 4.38. The molecular weight excluding hydrogens is 320 g/mol. The fraction of sp³-hybridized carbons (Fsp3) is 0.250. The van der Waals surface area contributed by atoms with Crippen molar-refractivity contribution >= 4 is 29.3 Å². The molecule has 0 saturated carbocycles. The minimum absolute atomic E-state index is 0.0276. The third-order valence-electron chi connectivity index (χ3n) is 2.96. The van der Waals surface area contributed by atoms with E-state index in [1.807, 2.05) is 24.3 Å². The van der Waals surface area contributed by atoms with Crippen LogP contribution in [0.2, 0.25) is 5.02 Å². The molecule has 0 aliphatic heterocycles. The van der Waals surface area contributed by atoms with Gasteiger partial charge in [0.05, 0.1) is 17.9 Å². The normalized spacial score (nSPS) is 10.3. The minimum atomic E-state index is -0.0276. The van der Waals surface area contributed by atoms with Crippen LogP contribution in [0.1, 0.15) is 5.56 Å². The van der Waals surface area contributed by atoms with Gasteiger partial charge in [0.25, 0.3) is 0 Å². The van der Waals surface area contributed by atoms with E-state index in [4.69, 9.17) is 16.3 Å². The van der Waals surface area contributed by atoms with Gasteiger partial charge >= 0.3 is 0 Å². The Morgan fingerprint density at radius 2 is 2.09 bits per heavy atom. The molecular formula is C16H17ClN2O2S. The number of nitrogens with zero attached hydrogens (tertiary/aromatic N) is 1. The number of halogens is 1. The molecule has 6 heteroatoms. The maximum atomic E-state index is 11.8. The van der Waals surface area contributed by atoms with Gasteiger partial charge in [0.1, 0.15) is 10.8 Å². The second-order valence-electron chi connectivity index (χ2n) is 4.53. The number of hydrogen-bond donors (Lipinski definition) is 1. The van der Waals surface area contributed by atoms with E-state index in [1.54, 1.807) is 25.4 Å². The Labute approximate surface area is 139 Å². The molecule has 0 saturated heterocycles. The van der Waals surface area contributed by atoms with Crippen LogP contribution in [0.15, 0.2) is 47.6 Å². The number of ether oxygens (including phenoxy) is 1. The third kappa shape index (κ3) is 5.24. The van der Waals surface area contributed by atoms with E-state index >= 15 is 0 Å². The highest BCUT2D eigenvalue weighted by atomic mass is 35.5. The van der Waals surface area contributed by atoms with Gasteiger partial charge in [-0.3, -0.25) is 4.79 Å². The summed E-state index contributed by atoms with van der Waals surface area (Å²) >= 11 is 7.33. The van der Waals surface area contributed by atoms with Crippen molar-refractivity contribution in [1.29, 1.82) is 0 Å². The minimum Gasteiger partial charge on any atom is -0.497 e. The summed E-state index contributed by atoms with van der Waals surface area (Å²) in [5, 5.41) is 4.13. The molecule has 0 bridgehead atoms. The average molecular weight is 337 g/mol. The summed E-state index contributed by atoms with van der Waals surface area (Å²) in [6, 6.07) is 11.3. The Morgan fingerprint density at radius 1 is 1.32 bits per heavy atom. The van der Waals surface area contributed by atoms with Crippen LogP contribution in [0.3, 0.4) is 0 Å². The van der Waals surface area contributed by atoms with E-state index in [0.717, 1.165) is 17.7 Å². The summed E-state index contributed by atoms with van der Waals surface area (Å²) in [7, 11) is 1.64. The molecule has 0 atom stereocenters. The van der Waals surface area contributed by atoms with Gasteiger partial charge in [0.2, 0.25) is 5.91 Å². The van der Waals surface area contributed by atoms with E-state index in [9.17, 15) is 4.79 Å². The van der Waals surface area contributed by atoms with Gasteiger partial charge in [-0.2, -0.15) is 0 Å². The van der Waals surface area contributed by atoms with E-state index in [2.05, 4.69) is 10.3 Å². The van der Waals surface area contributed by atoms with E-state index < -0.39 is 0 Å². The van der Waals surface area contributed by atoms with Crippen molar-refractivity contribution < 1.29 is 9.53 Å². The van der Waals surface area contributed by atoms with Crippen LogP contribution in [-0.4, -0.2) is 30.3 Å². The van der Waals surface area contributed by atoms with Gasteiger partial charge in [-0.1, -0.05) is 35.5 Å². The van der Waals surface area contributed by atoms with Crippen molar-refractivity contribution in [3.63, 3.8) is 0 Å². The van der Waals surface area contributed by atoms with Gasteiger partial charge < -0.3 is 10.1 Å². The molecule has 116 valence electrons. The predicted octanol–water partition coefficient (Wildman–Crippen LogP) is 3.19. The van der Waals surface area contributed by atoms with Gasteiger partial charge in [0.15, 0.2) is 0 Å². The van der Waals surface area contributed by atoms with Crippen molar-refractivity contribution in [3.05, 3.63) is 53.2 Å². The summed E-state index contributed by atoms with van der Waals surface area (Å²) in [6.07, 6.45) is 2.44. The number of thioether (sulfide) groups is 1. The lowest BCUT2D eigenvalue weighted by molar-refractivity contribution is -0.118. The molecule has 0 spiro atoms. The molecule has 1 aromatic carbocycles. The molecule has 0 unspecified atom stereocenters. The molecule has 1 amide bonds. The summed E-state index contributed by atoms with van der Waals surface area (Å²) in [5.41, 5.74) is 1.15. The number of amides is 1. The largest absolute Gasteiger partial charge is 0.497 e. The first-order chi connectivity index (χ1) is 10.7. The first-order valence-electron chi connectivity index (χ1n) is 6.82. The number of pyridine rings is 1. The summed E-state index contributed by atoms with van der Waals surface area (Å²) in [4.78, 5) is 15.9. The molecule has 0 fully saturated rings. The molecule has 0 aliphatic carbocycles. The molecule has 2 rings (SSSR count). The van der Waals surface area contributed by atoms with E-state index in [0.29, 0.717) is 22.3 Å². The van der Waals surface area contributed by atoms with Crippen LogP contribution >= 0.6 is 23.4 Å². The number of hydrogen-bond acceptors (Lipinski definition) is 4. The van der Waals surface area contributed by atoms with Crippen LogP contribution in [0, 0.1) is 0 Å². The highest BCUT2D eigenvalue weighted by Gasteiger charge is 2.06. The summed E-state index contributed by atoms with van der Waals surface area (Å²) in [5.74, 6) is 1.11. The SMILES string of the molecule is COc1ccc(CCNC(=O)CSc2ncccc2Cl)cc1. The standard InChI is InChI=1S/C16H17ClN2O2S/c1-21-13-6-4-12(5-7-13)8-10-18-15(20)11-22-16-14(17)3-2-9-19-16/h2-7,9H,8,10-11H2,1H3,(H,18,20). The lowest BCUT2D eigenvalue weighted by Gasteiger charge is -2.06. The Balaban J connectivity index is 1.70. The number of carbonyl (C=O) groups is 1. The number of aromatic nitrogens is 1. The van der Waals surface area contributed by atoms with Crippen LogP contribution in [0.4, 0.5) is 0 Å². The number of methoxy groups -OCH3 is 1. The molecule has 1 aromatic heterocycles. The average Bonchev–Trinajstić information content (AvgIpc) is 2.55. The van der Waals surface area contributed by atoms with Crippen molar-refractivity contribution in [2.45, 2.75) is 11.4 Å². The maximum Gasteiger partial charge on any atom is 0.230 e. The maximum absolute atomic E-state index is 11.8. The van der Waals surface area contributed by atoms with Crippen LogP contribution < -0.4 is 10.1 Å². The first kappa shape index (κ1) is 16.6. The number of rotatable bonds is 7. The topological polar surface area (TPSA) is 51.2 Å². The smallest absolute Gasteiger partial charge is 0.230 e. The molecule has 22 heavy (non-hydrogen) atoms. The van der Waals surface area contributed by atoms with Crippen molar-refractivity contribution in [2.24, 2.45) is 0 Å². The Kier molecular flexibility index (Phi) is 6.55.